The molecule has 0 bridgehead atoms. The lowest BCUT2D eigenvalue weighted by molar-refractivity contribution is -0.133. The van der Waals surface area contributed by atoms with E-state index in [0.717, 1.165) is 19.3 Å². The number of carboxylic acid groups (broad SMARTS) is 1. The van der Waals surface area contributed by atoms with Crippen LogP contribution in [-0.2, 0) is 9.59 Å². The first-order chi connectivity index (χ1) is 11.6. The molecule has 2 rings (SSSR count). The highest BCUT2D eigenvalue weighted by molar-refractivity contribution is 5.87. The SMILES string of the molecule is CC(=O)N[C@H]1C[C@H](NC(C)(C)C)CC[C@@H]1N1CC[C@H](NC(=O)O)C1=O. The molecule has 0 unspecified atom stereocenters. The van der Waals surface area contributed by atoms with Crippen LogP contribution in [0.4, 0.5) is 4.79 Å². The van der Waals surface area contributed by atoms with Crippen LogP contribution in [0, 0.1) is 0 Å². The molecule has 1 saturated heterocycles. The number of amides is 3. The van der Waals surface area contributed by atoms with Crippen LogP contribution >= 0.6 is 0 Å². The predicted molar refractivity (Wildman–Crippen MR) is 93.2 cm³/mol. The molecule has 1 saturated carbocycles. The molecule has 25 heavy (non-hydrogen) atoms. The number of carbonyl (C=O) groups is 3. The van der Waals surface area contributed by atoms with Crippen molar-refractivity contribution in [2.45, 2.75) is 83.1 Å². The van der Waals surface area contributed by atoms with Gasteiger partial charge in [-0.25, -0.2) is 4.79 Å². The van der Waals surface area contributed by atoms with Crippen LogP contribution < -0.4 is 16.0 Å². The van der Waals surface area contributed by atoms with Gasteiger partial charge in [0.15, 0.2) is 0 Å². The Bertz CT molecular complexity index is 531. The third-order valence-corrected chi connectivity index (χ3v) is 4.78. The molecule has 0 aromatic carbocycles. The number of nitrogens with one attached hydrogen (secondary N) is 3. The molecule has 0 spiro atoms. The summed E-state index contributed by atoms with van der Waals surface area (Å²) in [6.07, 6.45) is 1.74. The molecular weight excluding hydrogens is 324 g/mol. The molecule has 0 aromatic rings. The van der Waals surface area contributed by atoms with Gasteiger partial charge in [0.25, 0.3) is 0 Å². The van der Waals surface area contributed by atoms with Crippen molar-refractivity contribution >= 4 is 17.9 Å². The third-order valence-electron chi connectivity index (χ3n) is 4.78. The van der Waals surface area contributed by atoms with Crippen molar-refractivity contribution in [3.05, 3.63) is 0 Å². The van der Waals surface area contributed by atoms with Gasteiger partial charge in [-0.2, -0.15) is 0 Å². The topological polar surface area (TPSA) is 111 Å². The number of likely N-dealkylation sites (tertiary alicyclic amines) is 1. The smallest absolute Gasteiger partial charge is 0.405 e. The zero-order valence-electron chi connectivity index (χ0n) is 15.5. The summed E-state index contributed by atoms with van der Waals surface area (Å²) in [5.41, 5.74) is -0.0156. The van der Waals surface area contributed by atoms with Gasteiger partial charge in [-0.1, -0.05) is 0 Å². The highest BCUT2D eigenvalue weighted by Gasteiger charge is 2.42. The summed E-state index contributed by atoms with van der Waals surface area (Å²) in [4.78, 5) is 36.8. The van der Waals surface area contributed by atoms with Gasteiger partial charge < -0.3 is 26.0 Å². The summed E-state index contributed by atoms with van der Waals surface area (Å²) in [5.74, 6) is -0.303. The van der Waals surface area contributed by atoms with Crippen LogP contribution in [0.15, 0.2) is 0 Å². The van der Waals surface area contributed by atoms with Gasteiger partial charge in [-0.3, -0.25) is 9.59 Å². The first-order valence-corrected chi connectivity index (χ1v) is 8.91. The second-order valence-corrected chi connectivity index (χ2v) is 8.10. The second kappa shape index (κ2) is 7.59. The number of carbonyl (C=O) groups excluding carboxylic acids is 2. The average Bonchev–Trinajstić information content (AvgIpc) is 2.77. The summed E-state index contributed by atoms with van der Waals surface area (Å²) < 4.78 is 0. The average molecular weight is 354 g/mol. The zero-order chi connectivity index (χ0) is 18.8. The number of hydrogen-bond acceptors (Lipinski definition) is 4. The van der Waals surface area contributed by atoms with Crippen molar-refractivity contribution < 1.29 is 19.5 Å². The minimum absolute atomic E-state index is 0.0156. The molecule has 0 aromatic heterocycles. The van der Waals surface area contributed by atoms with Gasteiger partial charge in [0.2, 0.25) is 11.8 Å². The Labute approximate surface area is 148 Å². The Morgan fingerprint density at radius 1 is 1.16 bits per heavy atom. The van der Waals surface area contributed by atoms with E-state index in [4.69, 9.17) is 5.11 Å². The normalized spacial score (nSPS) is 30.2. The van der Waals surface area contributed by atoms with Crippen molar-refractivity contribution in [3.63, 3.8) is 0 Å². The van der Waals surface area contributed by atoms with Gasteiger partial charge in [0.1, 0.15) is 6.04 Å². The van der Waals surface area contributed by atoms with Gasteiger partial charge >= 0.3 is 6.09 Å². The number of hydrogen-bond donors (Lipinski definition) is 4. The fourth-order valence-electron chi connectivity index (χ4n) is 4.00. The molecule has 2 fully saturated rings. The highest BCUT2D eigenvalue weighted by atomic mass is 16.4. The lowest BCUT2D eigenvalue weighted by atomic mass is 9.84. The molecule has 3 amide bonds. The Kier molecular flexibility index (Phi) is 5.92. The van der Waals surface area contributed by atoms with Crippen LogP contribution in [0.1, 0.15) is 53.4 Å². The monoisotopic (exact) mass is 354 g/mol. The summed E-state index contributed by atoms with van der Waals surface area (Å²) in [6.45, 7) is 8.33. The minimum atomic E-state index is -1.18. The molecule has 1 heterocycles. The van der Waals surface area contributed by atoms with E-state index in [1.54, 1.807) is 4.90 Å². The van der Waals surface area contributed by atoms with Crippen molar-refractivity contribution in [1.82, 2.24) is 20.9 Å². The first-order valence-electron chi connectivity index (χ1n) is 8.91. The number of nitrogens with zero attached hydrogens (tertiary/aromatic N) is 1. The molecule has 4 atom stereocenters. The van der Waals surface area contributed by atoms with Crippen LogP contribution in [0.3, 0.4) is 0 Å². The fourth-order valence-corrected chi connectivity index (χ4v) is 4.00. The summed E-state index contributed by atoms with van der Waals surface area (Å²) in [6, 6.07) is -0.617. The van der Waals surface area contributed by atoms with Crippen LogP contribution in [0.2, 0.25) is 0 Å². The van der Waals surface area contributed by atoms with Gasteiger partial charge in [-0.15, -0.1) is 0 Å². The Morgan fingerprint density at radius 2 is 1.84 bits per heavy atom. The largest absolute Gasteiger partial charge is 0.465 e. The first kappa shape index (κ1) is 19.5. The molecule has 8 nitrogen and oxygen atoms in total. The predicted octanol–water partition coefficient (Wildman–Crippen LogP) is 0.669. The summed E-state index contributed by atoms with van der Waals surface area (Å²) in [7, 11) is 0. The van der Waals surface area contributed by atoms with Crippen molar-refractivity contribution in [2.24, 2.45) is 0 Å². The summed E-state index contributed by atoms with van der Waals surface area (Å²) >= 11 is 0. The van der Waals surface area contributed by atoms with E-state index in [9.17, 15) is 14.4 Å². The lowest BCUT2D eigenvalue weighted by Crippen LogP contribution is -2.59. The molecule has 1 aliphatic heterocycles. The number of rotatable bonds is 4. The van der Waals surface area contributed by atoms with Gasteiger partial charge in [0, 0.05) is 25.0 Å². The van der Waals surface area contributed by atoms with Crippen molar-refractivity contribution in [2.75, 3.05) is 6.54 Å². The molecule has 1 aliphatic carbocycles. The van der Waals surface area contributed by atoms with Crippen molar-refractivity contribution in [3.8, 4) is 0 Å². The van der Waals surface area contributed by atoms with E-state index in [-0.39, 0.29) is 35.5 Å². The quantitative estimate of drug-likeness (QED) is 0.593. The van der Waals surface area contributed by atoms with E-state index in [1.807, 2.05) is 0 Å². The molecule has 4 N–H and O–H groups in total. The Balaban J connectivity index is 2.07. The van der Waals surface area contributed by atoms with E-state index < -0.39 is 12.1 Å². The molecule has 0 radical (unpaired) electrons. The Morgan fingerprint density at radius 3 is 2.40 bits per heavy atom. The van der Waals surface area contributed by atoms with E-state index >= 15 is 0 Å². The highest BCUT2D eigenvalue weighted by Crippen LogP contribution is 2.28. The van der Waals surface area contributed by atoms with E-state index in [1.165, 1.54) is 6.92 Å². The third kappa shape index (κ3) is 5.32. The maximum absolute atomic E-state index is 12.6. The van der Waals surface area contributed by atoms with Crippen LogP contribution in [0.25, 0.3) is 0 Å². The second-order valence-electron chi connectivity index (χ2n) is 8.10. The summed E-state index contributed by atoms with van der Waals surface area (Å²) in [5, 5.41) is 17.7. The molecule has 142 valence electrons. The maximum atomic E-state index is 12.6. The van der Waals surface area contributed by atoms with E-state index in [0.29, 0.717) is 13.0 Å². The minimum Gasteiger partial charge on any atom is -0.465 e. The standard InChI is InChI=1S/C17H30N4O4/c1-10(22)18-13-9-11(20-17(2,3)4)5-6-14(13)21-8-7-12(15(21)23)19-16(24)25/h11-14,19-20H,5-9H2,1-4H3,(H,18,22)(H,24,25)/t11-,12+,13+,14+/m1/s1. The van der Waals surface area contributed by atoms with E-state index in [2.05, 4.69) is 36.7 Å². The Hall–Kier alpha value is -1.83. The lowest BCUT2D eigenvalue weighted by Gasteiger charge is -2.43. The van der Waals surface area contributed by atoms with Gasteiger partial charge in [-0.05, 0) is 46.5 Å². The molecular formula is C17H30N4O4. The van der Waals surface area contributed by atoms with Crippen molar-refractivity contribution in [1.29, 1.82) is 0 Å². The molecule has 8 heteroatoms. The van der Waals surface area contributed by atoms with Crippen LogP contribution in [-0.4, -0.2) is 64.2 Å². The fraction of sp³-hybridized carbons (Fsp3) is 0.824. The van der Waals surface area contributed by atoms with Crippen LogP contribution in [0.5, 0.6) is 0 Å². The molecule has 2 aliphatic rings. The maximum Gasteiger partial charge on any atom is 0.405 e. The zero-order valence-corrected chi connectivity index (χ0v) is 15.5. The van der Waals surface area contributed by atoms with Gasteiger partial charge in [0.05, 0.1) is 12.1 Å².